The molecule has 3 aromatic rings. The molecule has 0 fully saturated rings. The zero-order valence-corrected chi connectivity index (χ0v) is 18.6. The van der Waals surface area contributed by atoms with Crippen LogP contribution in [-0.4, -0.2) is 32.3 Å². The fourth-order valence-corrected chi connectivity index (χ4v) is 3.66. The van der Waals surface area contributed by atoms with E-state index in [1.54, 1.807) is 36.7 Å². The molecule has 0 unspecified atom stereocenters. The molecular weight excluding hydrogens is 473 g/mol. The first-order chi connectivity index (χ1) is 14.3. The van der Waals surface area contributed by atoms with Crippen molar-refractivity contribution in [2.75, 3.05) is 11.1 Å². The van der Waals surface area contributed by atoms with Gasteiger partial charge in [-0.15, -0.1) is 10.2 Å². The molecule has 0 bridgehead atoms. The van der Waals surface area contributed by atoms with Crippen LogP contribution in [0.2, 0.25) is 0 Å². The highest BCUT2D eigenvalue weighted by atomic mass is 79.9. The summed E-state index contributed by atoms with van der Waals surface area (Å²) in [6.07, 6.45) is 0. The van der Waals surface area contributed by atoms with Crippen molar-refractivity contribution in [2.24, 2.45) is 7.05 Å². The number of hydrogen-bond acceptors (Lipinski definition) is 5. The standard InChI is InChI=1S/C20H19BrFN5O2S/c1-12(23-19(29)15-5-3-4-6-16(15)22)18-25-26-20(27(18)2)30-11-17(28)24-14-9-7-13(21)8-10-14/h3-10,12H,11H2,1-2H3,(H,23,29)(H,24,28)/t12-/m0/s1. The second-order valence-corrected chi connectivity index (χ2v) is 8.28. The van der Waals surface area contributed by atoms with Crippen molar-refractivity contribution in [1.82, 2.24) is 20.1 Å². The highest BCUT2D eigenvalue weighted by Crippen LogP contribution is 2.20. The van der Waals surface area contributed by atoms with Crippen molar-refractivity contribution < 1.29 is 14.0 Å². The summed E-state index contributed by atoms with van der Waals surface area (Å²) in [5.74, 6) is -0.652. The van der Waals surface area contributed by atoms with Crippen LogP contribution in [0.1, 0.15) is 29.1 Å². The molecule has 0 aliphatic heterocycles. The molecule has 1 atom stereocenters. The highest BCUT2D eigenvalue weighted by Gasteiger charge is 2.20. The number of nitrogens with one attached hydrogen (secondary N) is 2. The van der Waals surface area contributed by atoms with Crippen molar-refractivity contribution >= 4 is 45.2 Å². The van der Waals surface area contributed by atoms with E-state index >= 15 is 0 Å². The summed E-state index contributed by atoms with van der Waals surface area (Å²) in [6, 6.07) is 12.5. The molecule has 156 valence electrons. The molecule has 7 nitrogen and oxygen atoms in total. The van der Waals surface area contributed by atoms with Gasteiger partial charge in [0.05, 0.1) is 17.4 Å². The van der Waals surface area contributed by atoms with Crippen LogP contribution in [0.3, 0.4) is 0 Å². The van der Waals surface area contributed by atoms with E-state index in [4.69, 9.17) is 0 Å². The Kier molecular flexibility index (Phi) is 7.22. The van der Waals surface area contributed by atoms with Crippen LogP contribution in [0.4, 0.5) is 10.1 Å². The Morgan fingerprint density at radius 3 is 2.57 bits per heavy atom. The number of nitrogens with zero attached hydrogens (tertiary/aromatic N) is 3. The molecule has 10 heteroatoms. The van der Waals surface area contributed by atoms with E-state index in [2.05, 4.69) is 36.8 Å². The maximum atomic E-state index is 13.8. The highest BCUT2D eigenvalue weighted by molar-refractivity contribution is 9.10. The fourth-order valence-electron chi connectivity index (χ4n) is 2.67. The normalized spacial score (nSPS) is 11.7. The molecule has 3 rings (SSSR count). The van der Waals surface area contributed by atoms with Crippen LogP contribution in [0.25, 0.3) is 0 Å². The van der Waals surface area contributed by atoms with Crippen molar-refractivity contribution in [1.29, 1.82) is 0 Å². The van der Waals surface area contributed by atoms with Crippen LogP contribution < -0.4 is 10.6 Å². The smallest absolute Gasteiger partial charge is 0.254 e. The Labute approximate surface area is 185 Å². The lowest BCUT2D eigenvalue weighted by atomic mass is 10.2. The molecule has 1 aromatic heterocycles. The van der Waals surface area contributed by atoms with Gasteiger partial charge in [0.1, 0.15) is 5.82 Å². The van der Waals surface area contributed by atoms with E-state index < -0.39 is 17.8 Å². The van der Waals surface area contributed by atoms with Gasteiger partial charge in [0.15, 0.2) is 11.0 Å². The average Bonchev–Trinajstić information content (AvgIpc) is 3.09. The summed E-state index contributed by atoms with van der Waals surface area (Å²) >= 11 is 4.58. The zero-order chi connectivity index (χ0) is 21.7. The number of carbonyl (C=O) groups excluding carboxylic acids is 2. The number of hydrogen-bond donors (Lipinski definition) is 2. The van der Waals surface area contributed by atoms with Crippen molar-refractivity contribution in [3.63, 3.8) is 0 Å². The number of aromatic nitrogens is 3. The summed E-state index contributed by atoms with van der Waals surface area (Å²) in [6.45, 7) is 1.73. The van der Waals surface area contributed by atoms with Crippen LogP contribution >= 0.6 is 27.7 Å². The number of rotatable bonds is 7. The molecule has 1 heterocycles. The third-order valence-corrected chi connectivity index (χ3v) is 5.73. The monoisotopic (exact) mass is 491 g/mol. The topological polar surface area (TPSA) is 88.9 Å². The second kappa shape index (κ2) is 9.86. The van der Waals surface area contributed by atoms with E-state index in [-0.39, 0.29) is 17.2 Å². The number of amides is 2. The molecule has 2 N–H and O–H groups in total. The molecule has 0 saturated heterocycles. The lowest BCUT2D eigenvalue weighted by Gasteiger charge is -2.14. The average molecular weight is 492 g/mol. The Bertz CT molecular complexity index is 1060. The number of benzene rings is 2. The molecule has 0 radical (unpaired) electrons. The van der Waals surface area contributed by atoms with Gasteiger partial charge in [-0.3, -0.25) is 9.59 Å². The van der Waals surface area contributed by atoms with Gasteiger partial charge in [-0.2, -0.15) is 0 Å². The van der Waals surface area contributed by atoms with Crippen LogP contribution in [0.5, 0.6) is 0 Å². The van der Waals surface area contributed by atoms with Gasteiger partial charge in [0.25, 0.3) is 5.91 Å². The number of anilines is 1. The molecule has 0 aliphatic rings. The predicted octanol–water partition coefficient (Wildman–Crippen LogP) is 3.94. The van der Waals surface area contributed by atoms with E-state index in [0.29, 0.717) is 16.7 Å². The van der Waals surface area contributed by atoms with Gasteiger partial charge in [0.2, 0.25) is 5.91 Å². The Hall–Kier alpha value is -2.72. The molecule has 0 spiro atoms. The maximum Gasteiger partial charge on any atom is 0.254 e. The third-order valence-electron chi connectivity index (χ3n) is 4.18. The van der Waals surface area contributed by atoms with Crippen LogP contribution in [-0.2, 0) is 11.8 Å². The van der Waals surface area contributed by atoms with Crippen molar-refractivity contribution in [3.05, 3.63) is 70.2 Å². The summed E-state index contributed by atoms with van der Waals surface area (Å²) in [7, 11) is 1.75. The maximum absolute atomic E-state index is 13.8. The molecule has 2 amide bonds. The molecule has 30 heavy (non-hydrogen) atoms. The van der Waals surface area contributed by atoms with Gasteiger partial charge in [-0.05, 0) is 43.3 Å². The molecule has 0 saturated carbocycles. The quantitative estimate of drug-likeness (QED) is 0.488. The molecule has 2 aromatic carbocycles. The fraction of sp³-hybridized carbons (Fsp3) is 0.200. The van der Waals surface area contributed by atoms with E-state index in [0.717, 1.165) is 4.47 Å². The number of thioether (sulfide) groups is 1. The minimum absolute atomic E-state index is 0.0364. The third kappa shape index (κ3) is 5.45. The Morgan fingerprint density at radius 2 is 1.87 bits per heavy atom. The van der Waals surface area contributed by atoms with Gasteiger partial charge in [0, 0.05) is 17.2 Å². The van der Waals surface area contributed by atoms with Gasteiger partial charge in [-0.1, -0.05) is 39.8 Å². The second-order valence-electron chi connectivity index (χ2n) is 6.42. The number of halogens is 2. The summed E-state index contributed by atoms with van der Waals surface area (Å²) in [4.78, 5) is 24.5. The van der Waals surface area contributed by atoms with Crippen molar-refractivity contribution in [3.8, 4) is 0 Å². The summed E-state index contributed by atoms with van der Waals surface area (Å²) in [5, 5.41) is 14.2. The first-order valence-electron chi connectivity index (χ1n) is 8.98. The lowest BCUT2D eigenvalue weighted by molar-refractivity contribution is -0.113. The lowest BCUT2D eigenvalue weighted by Crippen LogP contribution is -2.29. The minimum Gasteiger partial charge on any atom is -0.342 e. The zero-order valence-electron chi connectivity index (χ0n) is 16.2. The van der Waals surface area contributed by atoms with E-state index in [1.165, 1.54) is 30.0 Å². The first-order valence-corrected chi connectivity index (χ1v) is 10.8. The van der Waals surface area contributed by atoms with Gasteiger partial charge < -0.3 is 15.2 Å². The van der Waals surface area contributed by atoms with Crippen LogP contribution in [0.15, 0.2) is 58.2 Å². The van der Waals surface area contributed by atoms with E-state index in [1.807, 2.05) is 12.1 Å². The SMILES string of the molecule is C[C@H](NC(=O)c1ccccc1F)c1nnc(SCC(=O)Nc2ccc(Br)cc2)n1C. The molecule has 0 aliphatic carbocycles. The number of carbonyl (C=O) groups is 2. The van der Waals surface area contributed by atoms with Gasteiger partial charge in [-0.25, -0.2) is 4.39 Å². The van der Waals surface area contributed by atoms with Gasteiger partial charge >= 0.3 is 0 Å². The largest absolute Gasteiger partial charge is 0.342 e. The van der Waals surface area contributed by atoms with Crippen LogP contribution in [0, 0.1) is 5.82 Å². The summed E-state index contributed by atoms with van der Waals surface area (Å²) < 4.78 is 16.4. The van der Waals surface area contributed by atoms with Crippen molar-refractivity contribution in [2.45, 2.75) is 18.1 Å². The Morgan fingerprint density at radius 1 is 1.17 bits per heavy atom. The van der Waals surface area contributed by atoms with E-state index in [9.17, 15) is 14.0 Å². The predicted molar refractivity (Wildman–Crippen MR) is 117 cm³/mol. The Balaban J connectivity index is 1.58. The molecular formula is C20H19BrFN5O2S. The minimum atomic E-state index is -0.590. The first kappa shape index (κ1) is 22.0. The summed E-state index contributed by atoms with van der Waals surface area (Å²) in [5.41, 5.74) is 0.665.